The lowest BCUT2D eigenvalue weighted by molar-refractivity contribution is -0.0247. The Morgan fingerprint density at radius 3 is 3.12 bits per heavy atom. The fraction of sp³-hybridized carbons (Fsp3) is 0.312. The summed E-state index contributed by atoms with van der Waals surface area (Å²) in [6.07, 6.45) is 6.44. The first kappa shape index (κ1) is 14.7. The number of ether oxygens (including phenoxy) is 1. The Balaban J connectivity index is 1.58. The van der Waals surface area contributed by atoms with Gasteiger partial charge in [0, 0.05) is 25.1 Å². The monoisotopic (exact) mass is 324 g/mol. The van der Waals surface area contributed by atoms with Crippen LogP contribution in [0.1, 0.15) is 28.0 Å². The van der Waals surface area contributed by atoms with Crippen molar-refractivity contribution in [3.63, 3.8) is 0 Å². The fourth-order valence-corrected chi connectivity index (χ4v) is 2.81. The molecule has 0 unspecified atom stereocenters. The zero-order chi connectivity index (χ0) is 16.5. The van der Waals surface area contributed by atoms with E-state index in [-0.39, 0.29) is 12.0 Å². The number of fused-ring (bicyclic) bond motifs is 1. The van der Waals surface area contributed by atoms with Crippen molar-refractivity contribution in [2.45, 2.75) is 13.0 Å². The molecule has 0 aromatic carbocycles. The molecule has 4 heterocycles. The molecule has 1 amide bonds. The minimum Gasteiger partial charge on any atom is -0.368 e. The average molecular weight is 324 g/mol. The predicted octanol–water partition coefficient (Wildman–Crippen LogP) is 1.04. The summed E-state index contributed by atoms with van der Waals surface area (Å²) in [5.74, 6) is 0.592. The number of hydrogen-bond acceptors (Lipinski definition) is 6. The maximum Gasteiger partial charge on any atom is 0.259 e. The van der Waals surface area contributed by atoms with E-state index >= 15 is 0 Å². The van der Waals surface area contributed by atoms with Crippen LogP contribution >= 0.6 is 0 Å². The largest absolute Gasteiger partial charge is 0.368 e. The number of aryl methyl sites for hydroxylation is 1. The van der Waals surface area contributed by atoms with E-state index in [9.17, 15) is 4.79 Å². The van der Waals surface area contributed by atoms with Crippen molar-refractivity contribution in [3.05, 3.63) is 54.0 Å². The number of morpholine rings is 1. The van der Waals surface area contributed by atoms with Gasteiger partial charge in [-0.1, -0.05) is 0 Å². The SMILES string of the molecule is Cc1nccc([C@@H]2CN(C(=O)c3cnn4cccnc34)CCO2)n1. The Morgan fingerprint density at radius 1 is 1.33 bits per heavy atom. The average Bonchev–Trinajstić information content (AvgIpc) is 3.05. The van der Waals surface area contributed by atoms with Crippen LogP contribution in [0.3, 0.4) is 0 Å². The lowest BCUT2D eigenvalue weighted by Gasteiger charge is -2.32. The van der Waals surface area contributed by atoms with Gasteiger partial charge in [0.25, 0.3) is 5.91 Å². The minimum absolute atomic E-state index is 0.0946. The van der Waals surface area contributed by atoms with Crippen LogP contribution in [0.4, 0.5) is 0 Å². The van der Waals surface area contributed by atoms with Crippen LogP contribution in [-0.2, 0) is 4.74 Å². The highest BCUT2D eigenvalue weighted by molar-refractivity contribution is 5.99. The summed E-state index contributed by atoms with van der Waals surface area (Å²) in [4.78, 5) is 27.4. The van der Waals surface area contributed by atoms with Gasteiger partial charge >= 0.3 is 0 Å². The van der Waals surface area contributed by atoms with Crippen LogP contribution in [0.25, 0.3) is 5.65 Å². The van der Waals surface area contributed by atoms with Gasteiger partial charge in [-0.25, -0.2) is 19.5 Å². The minimum atomic E-state index is -0.251. The molecule has 1 fully saturated rings. The van der Waals surface area contributed by atoms with Crippen LogP contribution in [-0.4, -0.2) is 55.1 Å². The summed E-state index contributed by atoms with van der Waals surface area (Å²) in [7, 11) is 0. The Labute approximate surface area is 138 Å². The van der Waals surface area contributed by atoms with Gasteiger partial charge in [0.05, 0.1) is 25.0 Å². The summed E-state index contributed by atoms with van der Waals surface area (Å²) >= 11 is 0. The van der Waals surface area contributed by atoms with Gasteiger partial charge in [0.15, 0.2) is 5.65 Å². The molecule has 3 aromatic rings. The zero-order valence-corrected chi connectivity index (χ0v) is 13.2. The fourth-order valence-electron chi connectivity index (χ4n) is 2.81. The third-order valence-corrected chi connectivity index (χ3v) is 3.99. The molecule has 1 atom stereocenters. The molecule has 0 aliphatic carbocycles. The normalized spacial score (nSPS) is 18.0. The molecular weight excluding hydrogens is 308 g/mol. The number of rotatable bonds is 2. The van der Waals surface area contributed by atoms with Crippen molar-refractivity contribution >= 4 is 11.6 Å². The van der Waals surface area contributed by atoms with Crippen molar-refractivity contribution in [3.8, 4) is 0 Å². The Morgan fingerprint density at radius 2 is 2.25 bits per heavy atom. The first-order valence-electron chi connectivity index (χ1n) is 7.71. The predicted molar refractivity (Wildman–Crippen MR) is 84.4 cm³/mol. The van der Waals surface area contributed by atoms with Crippen LogP contribution in [0, 0.1) is 6.92 Å². The van der Waals surface area contributed by atoms with Gasteiger partial charge in [-0.05, 0) is 19.1 Å². The first-order chi connectivity index (χ1) is 11.7. The molecule has 3 aromatic heterocycles. The standard InChI is InChI=1S/C16H16N6O2/c1-11-17-5-3-13(20-11)14-10-21(7-8-24-14)16(23)12-9-19-22-6-2-4-18-15(12)22/h2-6,9,14H,7-8,10H2,1H3/t14-/m0/s1. The number of carbonyl (C=O) groups excluding carboxylic acids is 1. The number of aromatic nitrogens is 5. The number of carbonyl (C=O) groups is 1. The zero-order valence-electron chi connectivity index (χ0n) is 13.2. The highest BCUT2D eigenvalue weighted by Crippen LogP contribution is 2.22. The van der Waals surface area contributed by atoms with Crippen LogP contribution < -0.4 is 0 Å². The Kier molecular flexibility index (Phi) is 3.66. The lowest BCUT2D eigenvalue weighted by atomic mass is 10.1. The Hall–Kier alpha value is -2.87. The molecule has 24 heavy (non-hydrogen) atoms. The van der Waals surface area contributed by atoms with E-state index in [4.69, 9.17) is 4.74 Å². The van der Waals surface area contributed by atoms with Crippen LogP contribution in [0.5, 0.6) is 0 Å². The maximum absolute atomic E-state index is 12.9. The second-order valence-corrected chi connectivity index (χ2v) is 5.59. The maximum atomic E-state index is 12.9. The molecular formula is C16H16N6O2. The van der Waals surface area contributed by atoms with Crippen LogP contribution in [0.2, 0.25) is 0 Å². The van der Waals surface area contributed by atoms with Crippen molar-refractivity contribution < 1.29 is 9.53 Å². The van der Waals surface area contributed by atoms with Crippen molar-refractivity contribution in [1.29, 1.82) is 0 Å². The molecule has 0 radical (unpaired) electrons. The highest BCUT2D eigenvalue weighted by atomic mass is 16.5. The van der Waals surface area contributed by atoms with E-state index in [1.54, 1.807) is 40.3 Å². The number of nitrogens with zero attached hydrogens (tertiary/aromatic N) is 6. The van der Waals surface area contributed by atoms with E-state index in [1.807, 2.05) is 13.0 Å². The molecule has 0 spiro atoms. The summed E-state index contributed by atoms with van der Waals surface area (Å²) in [6, 6.07) is 3.60. The van der Waals surface area contributed by atoms with Gasteiger partial charge in [0.1, 0.15) is 17.5 Å². The molecule has 1 saturated heterocycles. The molecule has 122 valence electrons. The lowest BCUT2D eigenvalue weighted by Crippen LogP contribution is -2.42. The second-order valence-electron chi connectivity index (χ2n) is 5.59. The van der Waals surface area contributed by atoms with Gasteiger partial charge < -0.3 is 9.64 Å². The highest BCUT2D eigenvalue weighted by Gasteiger charge is 2.28. The summed E-state index contributed by atoms with van der Waals surface area (Å²) in [6.45, 7) is 3.27. The molecule has 8 nitrogen and oxygen atoms in total. The number of amides is 1. The summed E-state index contributed by atoms with van der Waals surface area (Å²) in [5, 5.41) is 4.18. The molecule has 1 aliphatic rings. The summed E-state index contributed by atoms with van der Waals surface area (Å²) in [5.41, 5.74) is 1.84. The third kappa shape index (κ3) is 2.61. The molecule has 0 bridgehead atoms. The molecule has 8 heteroatoms. The van der Waals surface area contributed by atoms with Crippen LogP contribution in [0.15, 0.2) is 36.9 Å². The van der Waals surface area contributed by atoms with Gasteiger partial charge in [-0.15, -0.1) is 0 Å². The van der Waals surface area contributed by atoms with Crippen molar-refractivity contribution in [1.82, 2.24) is 29.5 Å². The van der Waals surface area contributed by atoms with E-state index in [2.05, 4.69) is 20.1 Å². The van der Waals surface area contributed by atoms with E-state index < -0.39 is 0 Å². The van der Waals surface area contributed by atoms with E-state index in [0.29, 0.717) is 36.7 Å². The van der Waals surface area contributed by atoms with Gasteiger partial charge in [-0.3, -0.25) is 4.79 Å². The third-order valence-electron chi connectivity index (χ3n) is 3.99. The molecule has 0 N–H and O–H groups in total. The first-order valence-corrected chi connectivity index (χ1v) is 7.71. The van der Waals surface area contributed by atoms with Crippen molar-refractivity contribution in [2.24, 2.45) is 0 Å². The summed E-state index contributed by atoms with van der Waals surface area (Å²) < 4.78 is 7.38. The molecule has 0 saturated carbocycles. The molecule has 1 aliphatic heterocycles. The Bertz CT molecular complexity index is 893. The number of hydrogen-bond donors (Lipinski definition) is 0. The van der Waals surface area contributed by atoms with E-state index in [0.717, 1.165) is 5.69 Å². The van der Waals surface area contributed by atoms with E-state index in [1.165, 1.54) is 0 Å². The van der Waals surface area contributed by atoms with Gasteiger partial charge in [0.2, 0.25) is 0 Å². The smallest absolute Gasteiger partial charge is 0.259 e. The van der Waals surface area contributed by atoms with Crippen molar-refractivity contribution in [2.75, 3.05) is 19.7 Å². The second kappa shape index (κ2) is 5.97. The molecule has 4 rings (SSSR count). The topological polar surface area (TPSA) is 85.5 Å². The quantitative estimate of drug-likeness (QED) is 0.700. The van der Waals surface area contributed by atoms with Gasteiger partial charge in [-0.2, -0.15) is 5.10 Å².